The monoisotopic (exact) mass is 528 g/mol. The first-order valence-electron chi connectivity index (χ1n) is 13.7. The molecule has 1 saturated heterocycles. The van der Waals surface area contributed by atoms with Gasteiger partial charge in [0.15, 0.2) is 8.32 Å². The summed E-state index contributed by atoms with van der Waals surface area (Å²) in [7, 11) is -2.25. The molecule has 9 heteroatoms. The number of carbonyl (C=O) groups excluding carboxylic acids is 1. The van der Waals surface area contributed by atoms with Crippen LogP contribution in [0.4, 0.5) is 0 Å². The Morgan fingerprint density at radius 2 is 1.70 bits per heavy atom. The first-order chi connectivity index (χ1) is 17.0. The van der Waals surface area contributed by atoms with Crippen LogP contribution in [0.1, 0.15) is 92.9 Å². The van der Waals surface area contributed by atoms with Crippen molar-refractivity contribution in [3.8, 4) is 0 Å². The second-order valence-electron chi connectivity index (χ2n) is 13.3. The van der Waals surface area contributed by atoms with Crippen LogP contribution < -0.4 is 5.46 Å². The number of nitrogens with zero attached hydrogens (tertiary/aromatic N) is 2. The van der Waals surface area contributed by atoms with Crippen molar-refractivity contribution in [1.82, 2.24) is 9.55 Å². The molecule has 0 spiro atoms. The number of ether oxygens (including phenoxy) is 1. The number of imidazole rings is 1. The number of hydrogen-bond donors (Lipinski definition) is 0. The van der Waals surface area contributed by atoms with Gasteiger partial charge in [0.05, 0.1) is 22.2 Å². The molecule has 204 valence electrons. The molecule has 0 amide bonds. The minimum Gasteiger partial charge on any atom is -0.458 e. The van der Waals surface area contributed by atoms with Crippen LogP contribution in [0.25, 0.3) is 11.0 Å². The average molecular weight is 529 g/mol. The molecule has 2 aromatic rings. The molecule has 2 heterocycles. The van der Waals surface area contributed by atoms with E-state index in [1.807, 2.05) is 12.1 Å². The topological polar surface area (TPSA) is 71.8 Å². The Morgan fingerprint density at radius 3 is 2.24 bits per heavy atom. The Balaban J connectivity index is 1.62. The van der Waals surface area contributed by atoms with Crippen LogP contribution in [0.2, 0.25) is 18.1 Å². The Kier molecular flexibility index (Phi) is 7.51. The lowest BCUT2D eigenvalue weighted by Gasteiger charge is -2.41. The third-order valence-corrected chi connectivity index (χ3v) is 13.5. The Hall–Kier alpha value is -1.68. The van der Waals surface area contributed by atoms with Gasteiger partial charge in [0, 0.05) is 19.1 Å². The van der Waals surface area contributed by atoms with Gasteiger partial charge in [-0.3, -0.25) is 4.79 Å². The summed E-state index contributed by atoms with van der Waals surface area (Å²) in [5, 5.41) is 0.200. The predicted octanol–water partition coefficient (Wildman–Crippen LogP) is 5.90. The lowest BCUT2D eigenvalue weighted by Crippen LogP contribution is -2.44. The molecule has 0 N–H and O–H groups in total. The molecular weight excluding hydrogens is 483 g/mol. The summed E-state index contributed by atoms with van der Waals surface area (Å²) in [6.45, 7) is 21.4. The van der Waals surface area contributed by atoms with Gasteiger partial charge in [0.1, 0.15) is 12.4 Å². The molecule has 7 nitrogen and oxygen atoms in total. The highest BCUT2D eigenvalue weighted by Crippen LogP contribution is 2.41. The standard InChI is InChI=1S/C28H45BN2O5Si/c1-19(32)33-18-25-30-23-16-11-20(29-35-27(5,6)28(7,8)36-29)17-24(23)31(25)21-12-14-22(15-13-21)34-37(9,10)26(2,3)4/h11,16-17,21-22H,12-15,18H2,1-10H3. The van der Waals surface area contributed by atoms with Crippen molar-refractivity contribution in [3.05, 3.63) is 24.0 Å². The maximum atomic E-state index is 11.6. The van der Waals surface area contributed by atoms with Crippen LogP contribution in [0, 0.1) is 0 Å². The Morgan fingerprint density at radius 1 is 1.11 bits per heavy atom. The van der Waals surface area contributed by atoms with Gasteiger partial charge in [0.25, 0.3) is 0 Å². The summed E-state index contributed by atoms with van der Waals surface area (Å²) < 4.78 is 27.1. The molecule has 37 heavy (non-hydrogen) atoms. The SMILES string of the molecule is CC(=O)OCc1nc2ccc(B3OC(C)(C)C(C)(C)O3)cc2n1C1CCC(O[Si](C)(C)C(C)(C)C)CC1. The van der Waals surface area contributed by atoms with Crippen molar-refractivity contribution >= 4 is 37.9 Å². The molecule has 0 unspecified atom stereocenters. The van der Waals surface area contributed by atoms with E-state index in [0.29, 0.717) is 6.10 Å². The second kappa shape index (κ2) is 9.81. The fourth-order valence-corrected chi connectivity index (χ4v) is 6.40. The second-order valence-corrected chi connectivity index (χ2v) is 18.1. The summed E-state index contributed by atoms with van der Waals surface area (Å²) in [5.41, 5.74) is 2.08. The molecule has 1 aliphatic carbocycles. The lowest BCUT2D eigenvalue weighted by atomic mass is 9.79. The van der Waals surface area contributed by atoms with Gasteiger partial charge in [-0.2, -0.15) is 0 Å². The number of aromatic nitrogens is 2. The van der Waals surface area contributed by atoms with Gasteiger partial charge in [-0.1, -0.05) is 26.8 Å². The molecule has 0 bridgehead atoms. The third-order valence-electron chi connectivity index (χ3n) is 8.99. The molecule has 1 aromatic heterocycles. The van der Waals surface area contributed by atoms with E-state index in [0.717, 1.165) is 48.0 Å². The highest BCUT2D eigenvalue weighted by atomic mass is 28.4. The average Bonchev–Trinajstić information content (AvgIpc) is 3.24. The maximum Gasteiger partial charge on any atom is 0.494 e. The van der Waals surface area contributed by atoms with E-state index in [1.54, 1.807) is 0 Å². The summed E-state index contributed by atoms with van der Waals surface area (Å²) in [6.07, 6.45) is 4.32. The summed E-state index contributed by atoms with van der Waals surface area (Å²) in [4.78, 5) is 16.5. The lowest BCUT2D eigenvalue weighted by molar-refractivity contribution is -0.142. The summed E-state index contributed by atoms with van der Waals surface area (Å²) in [6, 6.07) is 6.46. The van der Waals surface area contributed by atoms with Crippen LogP contribution >= 0.6 is 0 Å². The molecule has 2 fully saturated rings. The third kappa shape index (κ3) is 5.70. The zero-order valence-electron chi connectivity index (χ0n) is 24.4. The number of esters is 1. The summed E-state index contributed by atoms with van der Waals surface area (Å²) in [5.74, 6) is 0.480. The maximum absolute atomic E-state index is 11.6. The zero-order valence-corrected chi connectivity index (χ0v) is 25.4. The zero-order chi connectivity index (χ0) is 27.4. The molecule has 4 rings (SSSR count). The van der Waals surface area contributed by atoms with Gasteiger partial charge in [-0.05, 0) is 89.1 Å². The van der Waals surface area contributed by atoms with Crippen LogP contribution in [0.5, 0.6) is 0 Å². The minimum atomic E-state index is -1.81. The molecule has 0 atom stereocenters. The van der Waals surface area contributed by atoms with Gasteiger partial charge < -0.3 is 23.0 Å². The van der Waals surface area contributed by atoms with E-state index in [4.69, 9.17) is 23.5 Å². The molecule has 1 aliphatic heterocycles. The Labute approximate surface area is 223 Å². The quantitative estimate of drug-likeness (QED) is 0.343. The van der Waals surface area contributed by atoms with Crippen molar-refractivity contribution in [2.45, 2.75) is 129 Å². The van der Waals surface area contributed by atoms with E-state index < -0.39 is 26.6 Å². The Bertz CT molecular complexity index is 1130. The fraction of sp³-hybridized carbons (Fsp3) is 0.714. The van der Waals surface area contributed by atoms with E-state index >= 15 is 0 Å². The highest BCUT2D eigenvalue weighted by Gasteiger charge is 2.51. The van der Waals surface area contributed by atoms with E-state index in [9.17, 15) is 4.79 Å². The van der Waals surface area contributed by atoms with Crippen molar-refractivity contribution in [3.63, 3.8) is 0 Å². The summed E-state index contributed by atoms with van der Waals surface area (Å²) >= 11 is 0. The van der Waals surface area contributed by atoms with Crippen molar-refractivity contribution in [2.24, 2.45) is 0 Å². The van der Waals surface area contributed by atoms with Gasteiger partial charge >= 0.3 is 13.1 Å². The first kappa shape index (κ1) is 28.3. The van der Waals surface area contributed by atoms with Gasteiger partial charge in [-0.25, -0.2) is 4.98 Å². The van der Waals surface area contributed by atoms with Crippen LogP contribution in [-0.4, -0.2) is 48.3 Å². The smallest absolute Gasteiger partial charge is 0.458 e. The minimum absolute atomic E-state index is 0.163. The van der Waals surface area contributed by atoms with Crippen molar-refractivity contribution in [2.75, 3.05) is 0 Å². The molecule has 0 radical (unpaired) electrons. The predicted molar refractivity (Wildman–Crippen MR) is 150 cm³/mol. The number of fused-ring (bicyclic) bond motifs is 1. The largest absolute Gasteiger partial charge is 0.494 e. The number of rotatable bonds is 6. The normalized spacial score (nSPS) is 24.0. The number of carbonyl (C=O) groups is 1. The molecular formula is C28H45BN2O5Si. The van der Waals surface area contributed by atoms with E-state index in [1.165, 1.54) is 6.92 Å². The van der Waals surface area contributed by atoms with Crippen LogP contribution in [0.3, 0.4) is 0 Å². The number of benzene rings is 1. The van der Waals surface area contributed by atoms with Gasteiger partial charge in [-0.15, -0.1) is 0 Å². The highest BCUT2D eigenvalue weighted by molar-refractivity contribution is 6.74. The van der Waals surface area contributed by atoms with Crippen LogP contribution in [0.15, 0.2) is 18.2 Å². The molecule has 2 aliphatic rings. The number of hydrogen-bond acceptors (Lipinski definition) is 6. The van der Waals surface area contributed by atoms with Crippen molar-refractivity contribution < 1.29 is 23.3 Å². The molecule has 1 saturated carbocycles. The van der Waals surface area contributed by atoms with E-state index in [-0.39, 0.29) is 23.7 Å². The van der Waals surface area contributed by atoms with Crippen LogP contribution in [-0.2, 0) is 29.9 Å². The van der Waals surface area contributed by atoms with Crippen molar-refractivity contribution in [1.29, 1.82) is 0 Å². The van der Waals surface area contributed by atoms with E-state index in [2.05, 4.69) is 72.2 Å². The van der Waals surface area contributed by atoms with Gasteiger partial charge in [0.2, 0.25) is 0 Å². The molecule has 1 aromatic carbocycles. The fourth-order valence-electron chi connectivity index (χ4n) is 4.98. The first-order valence-corrected chi connectivity index (χ1v) is 16.6.